The molecule has 0 atom stereocenters. The van der Waals surface area contributed by atoms with Gasteiger partial charge in [-0.3, -0.25) is 13.7 Å². The molecule has 0 N–H and O–H groups in total. The molecule has 376 valence electrons. The Hall–Kier alpha value is -9.00. The highest BCUT2D eigenvalue weighted by atomic mass is 16.5. The van der Waals surface area contributed by atoms with Crippen LogP contribution in [-0.2, 0) is 10.8 Å². The lowest BCUT2D eigenvalue weighted by molar-refractivity contribution is -0.571. The summed E-state index contributed by atoms with van der Waals surface area (Å²) in [5.41, 5.74) is 8.95. The number of imidazole rings is 1. The van der Waals surface area contributed by atoms with Crippen molar-refractivity contribution in [2.24, 2.45) is 0 Å². The maximum atomic E-state index is 9.28. The van der Waals surface area contributed by atoms with Gasteiger partial charge in [-0.25, -0.2) is 4.98 Å². The standard InChI is InChI=1S/C71H61N5O/c1-46(2)48-36-37-72-68(40-48)76-64-35-32-53(75-62-28-14-12-24-58(62)59-25-13-15-29-63(59)75)43-61(64)60-34-33-55(44-67(60)76)77-54-23-18-22-52(42-54)73-45-74(66-31-17-16-30-65(66)73)69-56(47-20-10-9-11-21-47)26-19-27-57(69)49-38-50(70(3,4)5)41-51(39-49)71(6,7)8/h9-44,46H,1-8H3/i9D,10D,11D,12D,13D,14D,15D,20D,21D,24D,25D,28D,29D,46D. The van der Waals surface area contributed by atoms with E-state index in [0.717, 1.165) is 38.7 Å². The number of aromatic nitrogens is 5. The molecule has 0 bridgehead atoms. The zero-order chi connectivity index (χ0) is 65.0. The lowest BCUT2D eigenvalue weighted by Gasteiger charge is -2.27. The van der Waals surface area contributed by atoms with Crippen molar-refractivity contribution in [1.82, 2.24) is 18.7 Å². The summed E-state index contributed by atoms with van der Waals surface area (Å²) in [7, 11) is 0. The largest absolute Gasteiger partial charge is 0.458 e. The number of nitrogens with zero attached hydrogens (tertiary/aromatic N) is 5. The summed E-state index contributed by atoms with van der Waals surface area (Å²) in [5, 5.41) is 1.34. The highest BCUT2D eigenvalue weighted by Crippen LogP contribution is 2.41. The Morgan fingerprint density at radius 3 is 1.90 bits per heavy atom. The normalized spacial score (nSPS) is 15.0. The third-order valence-corrected chi connectivity index (χ3v) is 14.4. The van der Waals surface area contributed by atoms with E-state index < -0.39 is 72.4 Å². The van der Waals surface area contributed by atoms with Gasteiger partial charge in [0.05, 0.1) is 62.3 Å². The Morgan fingerprint density at radius 2 is 1.18 bits per heavy atom. The lowest BCUT2D eigenvalue weighted by atomic mass is 9.78. The SMILES string of the molecule is [2H]c1c([2H])c([2H])c(-c2cccc(-c3cc(C(C)(C)C)cc(C(C)(C)C)c3)c2-[n+]2[c-]n(-c3cccc(Oc4ccc5c6cc(-n7c8c([2H])c([2H])c([2H])c([2H])c8c8c([2H])c([2H])c([2H])c([2H])c87)ccc6n(-c6cc(C([2H])(C)C)ccn6)c5c4)c3)c3ccccc32)c([2H])c1[2H]. The molecule has 9 aromatic carbocycles. The van der Waals surface area contributed by atoms with E-state index in [9.17, 15) is 5.48 Å². The van der Waals surface area contributed by atoms with Gasteiger partial charge in [-0.2, -0.15) is 0 Å². The van der Waals surface area contributed by atoms with Gasteiger partial charge in [-0.05, 0) is 128 Å². The van der Waals surface area contributed by atoms with Crippen LogP contribution < -0.4 is 9.30 Å². The average molecular weight is 1010 g/mol. The Bertz CT molecular complexity index is 5140. The maximum Gasteiger partial charge on any atom is 0.269 e. The molecule has 0 aliphatic carbocycles. The summed E-state index contributed by atoms with van der Waals surface area (Å²) in [5.74, 6) is 0.415. The van der Waals surface area contributed by atoms with Gasteiger partial charge in [0.25, 0.3) is 6.33 Å². The summed E-state index contributed by atoms with van der Waals surface area (Å²) >= 11 is 0. The molecule has 13 aromatic rings. The minimum absolute atomic E-state index is 0.000823. The van der Waals surface area contributed by atoms with Gasteiger partial charge in [-0.15, -0.1) is 0 Å². The average Bonchev–Trinajstić information content (AvgIpc) is 1.57. The van der Waals surface area contributed by atoms with Gasteiger partial charge in [0.1, 0.15) is 17.3 Å². The Kier molecular flexibility index (Phi) is 8.25. The summed E-state index contributed by atoms with van der Waals surface area (Å²) in [6.07, 6.45) is 5.32. The van der Waals surface area contributed by atoms with Crippen LogP contribution in [0, 0.1) is 6.33 Å². The van der Waals surface area contributed by atoms with E-state index in [1.54, 1.807) is 38.2 Å². The first-order valence-electron chi connectivity index (χ1n) is 32.6. The number of hydrogen-bond donors (Lipinski definition) is 0. The molecule has 0 amide bonds. The zero-order valence-corrected chi connectivity index (χ0v) is 43.9. The van der Waals surface area contributed by atoms with Crippen molar-refractivity contribution in [1.29, 1.82) is 0 Å². The molecule has 0 saturated carbocycles. The second-order valence-electron chi connectivity index (χ2n) is 21.8. The number of ether oxygens (including phenoxy) is 1. The second-order valence-corrected chi connectivity index (χ2v) is 21.8. The molecule has 0 aliphatic heterocycles. The molecule has 0 unspecified atom stereocenters. The van der Waals surface area contributed by atoms with E-state index in [-0.39, 0.29) is 50.3 Å². The summed E-state index contributed by atoms with van der Waals surface area (Å²) in [4.78, 5) is 4.84. The number of hydrogen-bond acceptors (Lipinski definition) is 2. The third-order valence-electron chi connectivity index (χ3n) is 14.4. The minimum atomic E-state index is -0.994. The predicted molar refractivity (Wildman–Crippen MR) is 319 cm³/mol. The number of para-hydroxylation sites is 5. The summed E-state index contributed by atoms with van der Waals surface area (Å²) in [6, 6.07) is 36.5. The maximum absolute atomic E-state index is 9.28. The van der Waals surface area contributed by atoms with Crippen LogP contribution in [0.2, 0.25) is 0 Å². The second kappa shape index (κ2) is 18.4. The molecular formula is C71H61N5O. The van der Waals surface area contributed by atoms with Gasteiger partial charge in [-0.1, -0.05) is 189 Å². The summed E-state index contributed by atoms with van der Waals surface area (Å²) < 4.78 is 139. The van der Waals surface area contributed by atoms with Gasteiger partial charge in [0.15, 0.2) is 0 Å². The van der Waals surface area contributed by atoms with Crippen molar-refractivity contribution in [2.45, 2.75) is 72.1 Å². The molecule has 77 heavy (non-hydrogen) atoms. The quantitative estimate of drug-likeness (QED) is 0.107. The fraction of sp³-hybridized carbons (Fsp3) is 0.155. The molecule has 0 aliphatic rings. The molecule has 4 heterocycles. The molecule has 0 saturated heterocycles. The van der Waals surface area contributed by atoms with E-state index in [1.807, 2.05) is 111 Å². The number of pyridine rings is 1. The van der Waals surface area contributed by atoms with Gasteiger partial charge >= 0.3 is 0 Å². The molecular weight excluding hydrogens is 939 g/mol. The summed E-state index contributed by atoms with van der Waals surface area (Å²) in [6.45, 7) is 16.6. The van der Waals surface area contributed by atoms with Crippen LogP contribution >= 0.6 is 0 Å². The van der Waals surface area contributed by atoms with E-state index in [4.69, 9.17) is 23.4 Å². The van der Waals surface area contributed by atoms with Crippen LogP contribution in [-0.4, -0.2) is 18.7 Å². The minimum Gasteiger partial charge on any atom is -0.458 e. The van der Waals surface area contributed by atoms with Crippen LogP contribution in [0.15, 0.2) is 218 Å². The van der Waals surface area contributed by atoms with Crippen molar-refractivity contribution in [3.05, 3.63) is 241 Å². The first-order valence-corrected chi connectivity index (χ1v) is 25.6. The topological polar surface area (TPSA) is 40.8 Å². The Balaban J connectivity index is 0.986. The fourth-order valence-corrected chi connectivity index (χ4v) is 10.5. The van der Waals surface area contributed by atoms with Gasteiger partial charge in [0, 0.05) is 40.9 Å². The molecule has 4 aromatic heterocycles. The highest BCUT2D eigenvalue weighted by molar-refractivity contribution is 6.12. The molecule has 6 nitrogen and oxygen atoms in total. The number of benzene rings is 9. The van der Waals surface area contributed by atoms with Crippen LogP contribution in [0.3, 0.4) is 0 Å². The first-order chi connectivity index (χ1) is 43.0. The van der Waals surface area contributed by atoms with E-state index in [1.165, 1.54) is 4.57 Å². The monoisotopic (exact) mass is 1010 g/mol. The first kappa shape index (κ1) is 34.5. The molecule has 0 spiro atoms. The zero-order valence-electron chi connectivity index (χ0n) is 57.9. The van der Waals surface area contributed by atoms with Crippen LogP contribution in [0.25, 0.3) is 99.8 Å². The van der Waals surface area contributed by atoms with E-state index >= 15 is 0 Å². The molecule has 0 fully saturated rings. The van der Waals surface area contributed by atoms with Crippen LogP contribution in [0.5, 0.6) is 11.5 Å². The van der Waals surface area contributed by atoms with Crippen molar-refractivity contribution >= 4 is 54.6 Å². The van der Waals surface area contributed by atoms with Gasteiger partial charge < -0.3 is 9.30 Å². The van der Waals surface area contributed by atoms with Crippen molar-refractivity contribution < 1.29 is 28.5 Å². The van der Waals surface area contributed by atoms with Crippen molar-refractivity contribution in [3.63, 3.8) is 0 Å². The highest BCUT2D eigenvalue weighted by Gasteiger charge is 2.25. The van der Waals surface area contributed by atoms with E-state index in [2.05, 4.69) is 66.1 Å². The predicted octanol–water partition coefficient (Wildman–Crippen LogP) is 18.1. The van der Waals surface area contributed by atoms with Crippen LogP contribution in [0.1, 0.15) is 97.2 Å². The smallest absolute Gasteiger partial charge is 0.269 e. The number of rotatable bonds is 9. The molecule has 0 radical (unpaired) electrons. The van der Waals surface area contributed by atoms with Crippen molar-refractivity contribution in [2.75, 3.05) is 0 Å². The Morgan fingerprint density at radius 1 is 0.519 bits per heavy atom. The third kappa shape index (κ3) is 8.36. The Labute approximate surface area is 470 Å². The van der Waals surface area contributed by atoms with Crippen LogP contribution in [0.4, 0.5) is 0 Å². The fourth-order valence-electron chi connectivity index (χ4n) is 10.5. The molecule has 6 heteroatoms. The van der Waals surface area contributed by atoms with E-state index in [0.29, 0.717) is 61.9 Å². The number of fused-ring (bicyclic) bond motifs is 7. The van der Waals surface area contributed by atoms with Crippen molar-refractivity contribution in [3.8, 4) is 56.6 Å². The lowest BCUT2D eigenvalue weighted by Crippen LogP contribution is -2.31. The van der Waals surface area contributed by atoms with Gasteiger partial charge in [0.2, 0.25) is 0 Å². The molecule has 13 rings (SSSR count).